The van der Waals surface area contributed by atoms with Gasteiger partial charge in [-0.25, -0.2) is 0 Å². The lowest BCUT2D eigenvalue weighted by molar-refractivity contribution is 1.23. The molecule has 0 bridgehead atoms. The molecule has 0 saturated heterocycles. The van der Waals surface area contributed by atoms with Gasteiger partial charge in [-0.3, -0.25) is 0 Å². The summed E-state index contributed by atoms with van der Waals surface area (Å²) < 4.78 is 44.2. The van der Waals surface area contributed by atoms with E-state index in [-0.39, 0.29) is 11.1 Å². The van der Waals surface area contributed by atoms with Crippen LogP contribution in [0.3, 0.4) is 0 Å². The normalized spacial score (nSPS) is 21.4. The molecule has 1 aromatic rings. The lowest BCUT2D eigenvalue weighted by Crippen LogP contribution is -1.86. The number of benzene rings is 1. The Balaban J connectivity index is 3.51. The van der Waals surface area contributed by atoms with Crippen LogP contribution in [0.25, 0.3) is 0 Å². The Morgan fingerprint density at radius 1 is 1.10 bits per heavy atom. The van der Waals surface area contributed by atoms with Gasteiger partial charge >= 0.3 is 0 Å². The predicted molar refractivity (Wildman–Crippen MR) is 45.4 cm³/mol. The zero-order valence-electron chi connectivity index (χ0n) is 12.2. The van der Waals surface area contributed by atoms with Gasteiger partial charge in [0.25, 0.3) is 0 Å². The fraction of sp³-hybridized carbons (Fsp3) is 0.400. The molecule has 0 radical (unpaired) electrons. The number of rotatable bonds is 0. The van der Waals surface area contributed by atoms with E-state index in [2.05, 4.69) is 0 Å². The molecule has 0 atom stereocenters. The average molecular weight is 140 g/mol. The van der Waals surface area contributed by atoms with Crippen molar-refractivity contribution in [2.24, 2.45) is 0 Å². The van der Waals surface area contributed by atoms with Gasteiger partial charge in [-0.2, -0.15) is 0 Å². The summed E-state index contributed by atoms with van der Waals surface area (Å²) in [6, 6.07) is 3.05. The lowest BCUT2D eigenvalue weighted by atomic mass is 10.0. The van der Waals surface area contributed by atoms with Crippen LogP contribution in [-0.4, -0.2) is 0 Å². The highest BCUT2D eigenvalue weighted by Gasteiger charge is 1.95. The number of aryl methyl sites for hydroxylation is 3. The maximum absolute atomic E-state index is 7.36. The van der Waals surface area contributed by atoms with Crippen molar-refractivity contribution < 1.29 is 8.22 Å². The van der Waals surface area contributed by atoms with Gasteiger partial charge < -0.3 is 0 Å². The molecule has 0 amide bonds. The van der Waals surface area contributed by atoms with Crippen molar-refractivity contribution in [3.8, 4) is 0 Å². The fourth-order valence-corrected chi connectivity index (χ4v) is 0.859. The molecular weight excluding hydrogens is 120 g/mol. The molecule has 0 spiro atoms. The first kappa shape index (κ1) is 2.69. The maximum atomic E-state index is 7.36. The van der Waals surface area contributed by atoms with Crippen LogP contribution in [0.1, 0.15) is 30.5 Å². The second kappa shape index (κ2) is 2.45. The van der Waals surface area contributed by atoms with Gasteiger partial charge in [-0.15, -0.1) is 0 Å². The summed E-state index contributed by atoms with van der Waals surface area (Å²) in [5.74, 6) is 0. The zero-order chi connectivity index (χ0) is 12.7. The second-order valence-corrected chi connectivity index (χ2v) is 2.49. The molecule has 10 heavy (non-hydrogen) atoms. The summed E-state index contributed by atoms with van der Waals surface area (Å²) in [7, 11) is 0. The van der Waals surface area contributed by atoms with Crippen molar-refractivity contribution in [2.45, 2.75) is 27.6 Å². The molecule has 1 rings (SSSR count). The molecule has 0 nitrogen and oxygen atoms in total. The highest BCUT2D eigenvalue weighted by molar-refractivity contribution is 5.35. The second-order valence-electron chi connectivity index (χ2n) is 2.49. The molecule has 0 heteroatoms. The third-order valence-electron chi connectivity index (χ3n) is 1.55. The van der Waals surface area contributed by atoms with Crippen molar-refractivity contribution in [1.29, 1.82) is 0 Å². The van der Waals surface area contributed by atoms with E-state index in [1.165, 1.54) is 12.1 Å². The molecule has 0 N–H and O–H groups in total. The Bertz CT molecular complexity index is 364. The van der Waals surface area contributed by atoms with Crippen LogP contribution in [0.5, 0.6) is 0 Å². The molecule has 0 aliphatic rings. The summed E-state index contributed by atoms with van der Waals surface area (Å²) in [5.41, 5.74) is 1.24. The minimum atomic E-state index is -2.27. The Morgan fingerprint density at radius 3 is 2.00 bits per heavy atom. The molecule has 0 fully saturated rings. The number of hydrogen-bond acceptors (Lipinski definition) is 0. The Kier molecular flexibility index (Phi) is 0.659. The topological polar surface area (TPSA) is 0 Å². The van der Waals surface area contributed by atoms with Gasteiger partial charge in [0.05, 0.1) is 0 Å². The molecule has 0 aliphatic carbocycles. The van der Waals surface area contributed by atoms with E-state index in [0.29, 0.717) is 11.1 Å². The van der Waals surface area contributed by atoms with Gasteiger partial charge in [0.2, 0.25) is 0 Å². The van der Waals surface area contributed by atoms with E-state index in [9.17, 15) is 0 Å². The zero-order valence-corrected chi connectivity index (χ0v) is 6.15. The van der Waals surface area contributed by atoms with E-state index in [0.717, 1.165) is 0 Å². The van der Waals surface area contributed by atoms with Crippen LogP contribution in [0.2, 0.25) is 0 Å². The van der Waals surface area contributed by atoms with Crippen molar-refractivity contribution >= 4 is 0 Å². The molecule has 0 unspecified atom stereocenters. The van der Waals surface area contributed by atoms with Crippen molar-refractivity contribution in [1.82, 2.24) is 0 Å². The summed E-state index contributed by atoms with van der Waals surface area (Å²) in [6.07, 6.45) is 0. The quantitative estimate of drug-likeness (QED) is 0.520. The Labute approximate surface area is 71.3 Å². The molecule has 0 aliphatic heterocycles. The standard InChI is InChI=1S/C10H14/c1-7-5-8(2)10(4)9(3)6-7/h5-6H,1-4H3/i2D3,3D3. The highest BCUT2D eigenvalue weighted by Crippen LogP contribution is 2.13. The van der Waals surface area contributed by atoms with Crippen LogP contribution in [0.4, 0.5) is 0 Å². The third-order valence-corrected chi connectivity index (χ3v) is 1.55. The van der Waals surface area contributed by atoms with Crippen LogP contribution in [0.15, 0.2) is 12.1 Å². The molecule has 54 valence electrons. The SMILES string of the molecule is [2H]C([2H])([2H])c1cc(C)cc(C([2H])([2H])[2H])c1C. The summed E-state index contributed by atoms with van der Waals surface area (Å²) in [6.45, 7) is -1.29. The van der Waals surface area contributed by atoms with Gasteiger partial charge in [-0.05, 0) is 44.2 Å². The van der Waals surface area contributed by atoms with Crippen LogP contribution >= 0.6 is 0 Å². The van der Waals surface area contributed by atoms with Gasteiger partial charge in [-0.1, -0.05) is 17.7 Å². The van der Waals surface area contributed by atoms with E-state index in [1.54, 1.807) is 13.8 Å². The average Bonchev–Trinajstić information content (AvgIpc) is 2.04. The van der Waals surface area contributed by atoms with Crippen LogP contribution in [0, 0.1) is 27.6 Å². The van der Waals surface area contributed by atoms with Crippen LogP contribution < -0.4 is 0 Å². The molecule has 0 heterocycles. The van der Waals surface area contributed by atoms with E-state index in [4.69, 9.17) is 8.22 Å². The maximum Gasteiger partial charge on any atom is 0.0280 e. The first-order chi connectivity index (χ1) is 7.03. The summed E-state index contributed by atoms with van der Waals surface area (Å²) in [4.78, 5) is 0. The van der Waals surface area contributed by atoms with Gasteiger partial charge in [0, 0.05) is 8.22 Å². The minimum absolute atomic E-state index is 0.124. The van der Waals surface area contributed by atoms with Gasteiger partial charge in [0.15, 0.2) is 0 Å². The monoisotopic (exact) mass is 140 g/mol. The Morgan fingerprint density at radius 2 is 1.60 bits per heavy atom. The van der Waals surface area contributed by atoms with Crippen molar-refractivity contribution in [3.05, 3.63) is 34.4 Å². The largest absolute Gasteiger partial charge is 0.0561 e. The lowest BCUT2D eigenvalue weighted by Gasteiger charge is -2.04. The fourth-order valence-electron chi connectivity index (χ4n) is 0.859. The highest BCUT2D eigenvalue weighted by atomic mass is 14.0. The summed E-state index contributed by atoms with van der Waals surface area (Å²) >= 11 is 0. The molecule has 1 aromatic carbocycles. The van der Waals surface area contributed by atoms with E-state index < -0.39 is 13.7 Å². The molecular formula is C10H14. The van der Waals surface area contributed by atoms with E-state index in [1.807, 2.05) is 0 Å². The number of hydrogen-bond donors (Lipinski definition) is 0. The van der Waals surface area contributed by atoms with Crippen molar-refractivity contribution in [3.63, 3.8) is 0 Å². The third kappa shape index (κ3) is 1.21. The summed E-state index contributed by atoms with van der Waals surface area (Å²) in [5, 5.41) is 0. The van der Waals surface area contributed by atoms with E-state index >= 15 is 0 Å². The first-order valence-electron chi connectivity index (χ1n) is 6.15. The van der Waals surface area contributed by atoms with Crippen molar-refractivity contribution in [2.75, 3.05) is 0 Å². The van der Waals surface area contributed by atoms with Gasteiger partial charge in [0.1, 0.15) is 0 Å². The molecule has 0 aromatic heterocycles. The smallest absolute Gasteiger partial charge is 0.0280 e. The Hall–Kier alpha value is -0.780. The minimum Gasteiger partial charge on any atom is -0.0561 e. The first-order valence-corrected chi connectivity index (χ1v) is 3.15. The van der Waals surface area contributed by atoms with Crippen LogP contribution in [-0.2, 0) is 0 Å². The molecule has 0 saturated carbocycles. The predicted octanol–water partition coefficient (Wildman–Crippen LogP) is 2.92.